The van der Waals surface area contributed by atoms with Crippen LogP contribution in [0.1, 0.15) is 24.7 Å². The molecule has 2 aromatic rings. The first-order valence-electron chi connectivity index (χ1n) is 6.99. The molecule has 1 unspecified atom stereocenters. The monoisotopic (exact) mass is 311 g/mol. The van der Waals surface area contributed by atoms with Crippen molar-refractivity contribution in [2.75, 3.05) is 6.54 Å². The van der Waals surface area contributed by atoms with Gasteiger partial charge in [-0.2, -0.15) is 4.80 Å². The number of halogens is 2. The minimum atomic E-state index is -0.280. The van der Waals surface area contributed by atoms with Gasteiger partial charge in [-0.3, -0.25) is 0 Å². The van der Waals surface area contributed by atoms with Crippen LogP contribution in [-0.4, -0.2) is 32.8 Å². The number of nitrogens with zero attached hydrogens (tertiary/aromatic N) is 4. The Kier molecular flexibility index (Phi) is 5.64. The summed E-state index contributed by atoms with van der Waals surface area (Å²) < 4.78 is 13.9. The Morgan fingerprint density at radius 2 is 2.19 bits per heavy atom. The van der Waals surface area contributed by atoms with Crippen LogP contribution in [0, 0.1) is 5.82 Å². The smallest absolute Gasteiger partial charge is 0.176 e. The van der Waals surface area contributed by atoms with Gasteiger partial charge in [-0.15, -0.1) is 10.2 Å². The van der Waals surface area contributed by atoms with Crippen LogP contribution in [-0.2, 0) is 19.9 Å². The molecule has 1 atom stereocenters. The number of hydrogen-bond acceptors (Lipinski definition) is 4. The highest BCUT2D eigenvalue weighted by Gasteiger charge is 2.17. The largest absolute Gasteiger partial charge is 0.313 e. The Hall–Kier alpha value is -1.53. The molecule has 2 rings (SSSR count). The van der Waals surface area contributed by atoms with Crippen molar-refractivity contribution < 1.29 is 4.39 Å². The third-order valence-electron chi connectivity index (χ3n) is 3.17. The number of aryl methyl sites for hydroxylation is 1. The molecule has 0 radical (unpaired) electrons. The lowest BCUT2D eigenvalue weighted by Gasteiger charge is -2.18. The van der Waals surface area contributed by atoms with E-state index >= 15 is 0 Å². The summed E-state index contributed by atoms with van der Waals surface area (Å²) in [4.78, 5) is 1.42. The number of tetrazole rings is 1. The Balaban J connectivity index is 2.12. The summed E-state index contributed by atoms with van der Waals surface area (Å²) in [6.45, 7) is 2.93. The van der Waals surface area contributed by atoms with Gasteiger partial charge in [-0.1, -0.05) is 24.6 Å². The van der Waals surface area contributed by atoms with E-state index in [4.69, 9.17) is 11.6 Å². The van der Waals surface area contributed by atoms with Gasteiger partial charge in [0.2, 0.25) is 0 Å². The Labute approximate surface area is 128 Å². The van der Waals surface area contributed by atoms with E-state index in [2.05, 4.69) is 27.7 Å². The first kappa shape index (κ1) is 15.9. The van der Waals surface area contributed by atoms with Gasteiger partial charge in [-0.25, -0.2) is 4.39 Å². The number of aromatic nitrogens is 4. The van der Waals surface area contributed by atoms with E-state index in [9.17, 15) is 4.39 Å². The standard InChI is InChI=1S/C14H19ClFN5/c1-3-7-17-10(9-14-18-20-21(2)19-14)8-11-12(15)5-4-6-13(11)16/h4-6,10,17H,3,7-9H2,1-2H3. The van der Waals surface area contributed by atoms with Crippen LogP contribution in [0.3, 0.4) is 0 Å². The molecule has 1 N–H and O–H groups in total. The van der Waals surface area contributed by atoms with Crippen LogP contribution in [0.2, 0.25) is 5.02 Å². The number of hydrogen-bond donors (Lipinski definition) is 1. The highest BCUT2D eigenvalue weighted by molar-refractivity contribution is 6.31. The van der Waals surface area contributed by atoms with Crippen LogP contribution in [0.5, 0.6) is 0 Å². The minimum Gasteiger partial charge on any atom is -0.313 e. The Morgan fingerprint density at radius 3 is 2.81 bits per heavy atom. The molecular weight excluding hydrogens is 293 g/mol. The van der Waals surface area contributed by atoms with Crippen molar-refractivity contribution in [2.45, 2.75) is 32.2 Å². The van der Waals surface area contributed by atoms with Crippen LogP contribution in [0.25, 0.3) is 0 Å². The van der Waals surface area contributed by atoms with Gasteiger partial charge in [0.15, 0.2) is 5.82 Å². The average molecular weight is 312 g/mol. The molecule has 1 aromatic carbocycles. The van der Waals surface area contributed by atoms with E-state index in [0.29, 0.717) is 29.3 Å². The number of benzene rings is 1. The van der Waals surface area contributed by atoms with Gasteiger partial charge in [0.1, 0.15) is 5.82 Å². The van der Waals surface area contributed by atoms with E-state index in [1.54, 1.807) is 19.2 Å². The van der Waals surface area contributed by atoms with Gasteiger partial charge in [0.05, 0.1) is 7.05 Å². The lowest BCUT2D eigenvalue weighted by Crippen LogP contribution is -2.34. The molecular formula is C14H19ClFN5. The normalized spacial score (nSPS) is 12.6. The van der Waals surface area contributed by atoms with Gasteiger partial charge in [0, 0.05) is 23.0 Å². The van der Waals surface area contributed by atoms with Crippen LogP contribution in [0.15, 0.2) is 18.2 Å². The highest BCUT2D eigenvalue weighted by Crippen LogP contribution is 2.21. The maximum atomic E-state index is 13.9. The topological polar surface area (TPSA) is 55.6 Å². The predicted molar refractivity (Wildman–Crippen MR) is 79.7 cm³/mol. The first-order valence-corrected chi connectivity index (χ1v) is 7.37. The minimum absolute atomic E-state index is 0.0172. The fraction of sp³-hybridized carbons (Fsp3) is 0.500. The van der Waals surface area contributed by atoms with E-state index in [-0.39, 0.29) is 11.9 Å². The summed E-state index contributed by atoms with van der Waals surface area (Å²) in [5, 5.41) is 15.8. The summed E-state index contributed by atoms with van der Waals surface area (Å²) in [7, 11) is 1.72. The van der Waals surface area contributed by atoms with Gasteiger partial charge < -0.3 is 5.32 Å². The molecule has 0 spiro atoms. The zero-order valence-electron chi connectivity index (χ0n) is 12.2. The molecule has 0 aliphatic heterocycles. The maximum absolute atomic E-state index is 13.9. The molecule has 0 saturated carbocycles. The fourth-order valence-corrected chi connectivity index (χ4v) is 2.40. The number of rotatable bonds is 7. The molecule has 1 aromatic heterocycles. The molecule has 0 fully saturated rings. The zero-order chi connectivity index (χ0) is 15.2. The third kappa shape index (κ3) is 4.47. The summed E-state index contributed by atoms with van der Waals surface area (Å²) in [5.41, 5.74) is 0.525. The average Bonchev–Trinajstić information content (AvgIpc) is 2.85. The predicted octanol–water partition coefficient (Wildman–Crippen LogP) is 2.16. The molecule has 0 amide bonds. The lowest BCUT2D eigenvalue weighted by atomic mass is 10.0. The second-order valence-corrected chi connectivity index (χ2v) is 5.36. The maximum Gasteiger partial charge on any atom is 0.176 e. The summed E-state index contributed by atoms with van der Waals surface area (Å²) in [6.07, 6.45) is 2.07. The molecule has 1 heterocycles. The first-order chi connectivity index (χ1) is 10.1. The van der Waals surface area contributed by atoms with Gasteiger partial charge in [-0.05, 0) is 36.7 Å². The lowest BCUT2D eigenvalue weighted by molar-refractivity contribution is 0.483. The Morgan fingerprint density at radius 1 is 1.38 bits per heavy atom. The van der Waals surface area contributed by atoms with E-state index in [1.165, 1.54) is 10.9 Å². The van der Waals surface area contributed by atoms with E-state index < -0.39 is 0 Å². The molecule has 0 aliphatic carbocycles. The molecule has 5 nitrogen and oxygen atoms in total. The molecule has 7 heteroatoms. The van der Waals surface area contributed by atoms with Crippen LogP contribution in [0.4, 0.5) is 4.39 Å². The molecule has 0 aliphatic rings. The molecule has 114 valence electrons. The van der Waals surface area contributed by atoms with Crippen molar-refractivity contribution in [1.82, 2.24) is 25.5 Å². The summed E-state index contributed by atoms with van der Waals surface area (Å²) in [5.74, 6) is 0.358. The van der Waals surface area contributed by atoms with Crippen LogP contribution >= 0.6 is 11.6 Å². The van der Waals surface area contributed by atoms with Crippen LogP contribution < -0.4 is 5.32 Å². The van der Waals surface area contributed by atoms with Crippen molar-refractivity contribution in [3.63, 3.8) is 0 Å². The van der Waals surface area contributed by atoms with E-state index in [1.807, 2.05) is 0 Å². The van der Waals surface area contributed by atoms with Crippen molar-refractivity contribution in [1.29, 1.82) is 0 Å². The fourth-order valence-electron chi connectivity index (χ4n) is 2.16. The summed E-state index contributed by atoms with van der Waals surface area (Å²) in [6, 6.07) is 4.76. The Bertz CT molecular complexity index is 566. The zero-order valence-corrected chi connectivity index (χ0v) is 12.9. The second-order valence-electron chi connectivity index (χ2n) is 4.95. The summed E-state index contributed by atoms with van der Waals surface area (Å²) >= 11 is 6.10. The third-order valence-corrected chi connectivity index (χ3v) is 3.53. The second kappa shape index (κ2) is 7.47. The molecule has 0 bridgehead atoms. The van der Waals surface area contributed by atoms with E-state index in [0.717, 1.165) is 13.0 Å². The van der Waals surface area contributed by atoms with Gasteiger partial charge >= 0.3 is 0 Å². The van der Waals surface area contributed by atoms with Gasteiger partial charge in [0.25, 0.3) is 0 Å². The quantitative estimate of drug-likeness (QED) is 0.851. The number of nitrogens with one attached hydrogen (secondary N) is 1. The SMILES string of the molecule is CCCNC(Cc1nnn(C)n1)Cc1c(F)cccc1Cl. The highest BCUT2D eigenvalue weighted by atomic mass is 35.5. The van der Waals surface area contributed by atoms with Crippen molar-refractivity contribution in [3.05, 3.63) is 40.4 Å². The van der Waals surface area contributed by atoms with Crippen molar-refractivity contribution in [2.24, 2.45) is 7.05 Å². The molecule has 0 saturated heterocycles. The van der Waals surface area contributed by atoms with Crippen molar-refractivity contribution >= 4 is 11.6 Å². The van der Waals surface area contributed by atoms with Crippen molar-refractivity contribution in [3.8, 4) is 0 Å². The molecule has 21 heavy (non-hydrogen) atoms.